The fourth-order valence-corrected chi connectivity index (χ4v) is 6.13. The van der Waals surface area contributed by atoms with Crippen LogP contribution in [0.5, 0.6) is 0 Å². The molecule has 0 aliphatic carbocycles. The summed E-state index contributed by atoms with van der Waals surface area (Å²) in [7, 11) is 0. The first-order valence-corrected chi connectivity index (χ1v) is 18.7. The maximum Gasteiger partial charge on any atom is 0.115 e. The zero-order valence-corrected chi connectivity index (χ0v) is 30.7. The van der Waals surface area contributed by atoms with Crippen molar-refractivity contribution in [3.05, 3.63) is 215 Å². The standard InChI is InChI=1S/C48H50O6/c1-7-19-39(20-8-1)31-49-37-45(51-33-41-23-11-3-12-24-41)47(53-35-43-27-15-5-16-28-43)48(54-36-44-29-17-6-18-30-44)46(52-34-42-25-13-4-14-26-42)38-50-32-40-21-9-2-10-22-40/h1-30,45-48H,31-38H2. The van der Waals surface area contributed by atoms with Gasteiger partial charge in [0.25, 0.3) is 0 Å². The lowest BCUT2D eigenvalue weighted by atomic mass is 10.0. The molecule has 0 bridgehead atoms. The summed E-state index contributed by atoms with van der Waals surface area (Å²) in [5.74, 6) is 0. The maximum absolute atomic E-state index is 6.96. The molecule has 4 atom stereocenters. The SMILES string of the molecule is c1ccc(COCC(OCc2ccccc2)C(OCc2ccccc2)C(OCc2ccccc2)C(COCc2ccccc2)OCc2ccccc2)cc1. The molecule has 6 aromatic rings. The van der Waals surface area contributed by atoms with Gasteiger partial charge in [0, 0.05) is 0 Å². The van der Waals surface area contributed by atoms with E-state index in [2.05, 4.69) is 72.8 Å². The Balaban J connectivity index is 1.34. The molecule has 0 spiro atoms. The van der Waals surface area contributed by atoms with Crippen molar-refractivity contribution in [1.82, 2.24) is 0 Å². The normalized spacial score (nSPS) is 13.6. The van der Waals surface area contributed by atoms with Gasteiger partial charge in [0.05, 0.1) is 52.9 Å². The van der Waals surface area contributed by atoms with Crippen molar-refractivity contribution in [1.29, 1.82) is 0 Å². The quantitative estimate of drug-likeness (QED) is 0.0657. The molecular weight excluding hydrogens is 673 g/mol. The Morgan fingerprint density at radius 3 is 0.741 bits per heavy atom. The fraction of sp³-hybridized carbons (Fsp3) is 0.250. The van der Waals surface area contributed by atoms with Crippen LogP contribution in [-0.2, 0) is 68.1 Å². The summed E-state index contributed by atoms with van der Waals surface area (Å²) < 4.78 is 40.4. The van der Waals surface area contributed by atoms with Gasteiger partial charge in [0.2, 0.25) is 0 Å². The monoisotopic (exact) mass is 722 g/mol. The zero-order chi connectivity index (χ0) is 36.9. The third-order valence-corrected chi connectivity index (χ3v) is 9.03. The van der Waals surface area contributed by atoms with Crippen molar-refractivity contribution in [2.45, 2.75) is 64.1 Å². The van der Waals surface area contributed by atoms with Gasteiger partial charge in [-0.1, -0.05) is 182 Å². The Hall–Kier alpha value is -4.92. The molecule has 0 fully saturated rings. The predicted molar refractivity (Wildman–Crippen MR) is 212 cm³/mol. The van der Waals surface area contributed by atoms with Crippen LogP contribution in [0.2, 0.25) is 0 Å². The van der Waals surface area contributed by atoms with E-state index < -0.39 is 24.4 Å². The van der Waals surface area contributed by atoms with Gasteiger partial charge in [-0.3, -0.25) is 0 Å². The van der Waals surface area contributed by atoms with Gasteiger partial charge in [-0.05, 0) is 33.4 Å². The smallest absolute Gasteiger partial charge is 0.115 e. The molecule has 0 aliphatic rings. The van der Waals surface area contributed by atoms with Gasteiger partial charge in [-0.25, -0.2) is 0 Å². The minimum Gasteiger partial charge on any atom is -0.374 e. The second kappa shape index (κ2) is 22.3. The van der Waals surface area contributed by atoms with Gasteiger partial charge in [-0.2, -0.15) is 0 Å². The fourth-order valence-electron chi connectivity index (χ4n) is 6.13. The Kier molecular flexibility index (Phi) is 16.0. The van der Waals surface area contributed by atoms with Crippen LogP contribution in [0, 0.1) is 0 Å². The third kappa shape index (κ3) is 13.2. The third-order valence-electron chi connectivity index (χ3n) is 9.03. The predicted octanol–water partition coefficient (Wildman–Crippen LogP) is 9.76. The summed E-state index contributed by atoms with van der Waals surface area (Å²) in [5.41, 5.74) is 6.35. The lowest BCUT2D eigenvalue weighted by Crippen LogP contribution is -2.52. The molecule has 6 nitrogen and oxygen atoms in total. The van der Waals surface area contributed by atoms with E-state index in [0.29, 0.717) is 39.6 Å². The summed E-state index contributed by atoms with van der Waals surface area (Å²) in [4.78, 5) is 0. The molecule has 54 heavy (non-hydrogen) atoms. The Morgan fingerprint density at radius 1 is 0.259 bits per heavy atom. The first-order chi connectivity index (χ1) is 26.8. The molecule has 0 N–H and O–H groups in total. The topological polar surface area (TPSA) is 55.4 Å². The molecule has 278 valence electrons. The van der Waals surface area contributed by atoms with Crippen LogP contribution in [0.4, 0.5) is 0 Å². The lowest BCUT2D eigenvalue weighted by Gasteiger charge is -2.37. The van der Waals surface area contributed by atoms with Gasteiger partial charge in [-0.15, -0.1) is 0 Å². The molecule has 4 unspecified atom stereocenters. The molecule has 0 saturated heterocycles. The molecule has 6 heteroatoms. The lowest BCUT2D eigenvalue weighted by molar-refractivity contribution is -0.208. The van der Waals surface area contributed by atoms with Crippen LogP contribution >= 0.6 is 0 Å². The molecular formula is C48H50O6. The second-order valence-electron chi connectivity index (χ2n) is 13.2. The van der Waals surface area contributed by atoms with Crippen LogP contribution in [0.25, 0.3) is 0 Å². The van der Waals surface area contributed by atoms with E-state index in [9.17, 15) is 0 Å². The molecule has 0 aromatic heterocycles. The van der Waals surface area contributed by atoms with Gasteiger partial charge in [0.1, 0.15) is 24.4 Å². The number of benzene rings is 6. The van der Waals surface area contributed by atoms with Crippen molar-refractivity contribution < 1.29 is 28.4 Å². The second-order valence-corrected chi connectivity index (χ2v) is 13.2. The molecule has 0 radical (unpaired) electrons. The van der Waals surface area contributed by atoms with Crippen molar-refractivity contribution in [3.8, 4) is 0 Å². The molecule has 6 aromatic carbocycles. The zero-order valence-electron chi connectivity index (χ0n) is 30.7. The van der Waals surface area contributed by atoms with Crippen LogP contribution in [0.15, 0.2) is 182 Å². The number of hydrogen-bond donors (Lipinski definition) is 0. The highest BCUT2D eigenvalue weighted by molar-refractivity contribution is 5.17. The van der Waals surface area contributed by atoms with Crippen molar-refractivity contribution in [2.24, 2.45) is 0 Å². The van der Waals surface area contributed by atoms with Crippen molar-refractivity contribution in [3.63, 3.8) is 0 Å². The summed E-state index contributed by atoms with van der Waals surface area (Å²) in [5, 5.41) is 0. The van der Waals surface area contributed by atoms with Crippen LogP contribution < -0.4 is 0 Å². The average Bonchev–Trinajstić information content (AvgIpc) is 3.24. The van der Waals surface area contributed by atoms with E-state index >= 15 is 0 Å². The first kappa shape index (κ1) is 38.8. The van der Waals surface area contributed by atoms with Crippen LogP contribution in [-0.4, -0.2) is 37.6 Å². The van der Waals surface area contributed by atoms with Crippen molar-refractivity contribution in [2.75, 3.05) is 13.2 Å². The molecule has 6 rings (SSSR count). The average molecular weight is 723 g/mol. The van der Waals surface area contributed by atoms with E-state index in [1.54, 1.807) is 0 Å². The molecule has 0 saturated carbocycles. The van der Waals surface area contributed by atoms with E-state index in [1.807, 2.05) is 109 Å². The highest BCUT2D eigenvalue weighted by atomic mass is 16.6. The number of hydrogen-bond acceptors (Lipinski definition) is 6. The molecule has 0 amide bonds. The molecule has 0 aliphatic heterocycles. The van der Waals surface area contributed by atoms with E-state index in [1.165, 1.54) is 0 Å². The number of rotatable bonds is 23. The molecule has 0 heterocycles. The van der Waals surface area contributed by atoms with Crippen LogP contribution in [0.3, 0.4) is 0 Å². The summed E-state index contributed by atoms with van der Waals surface area (Å²) >= 11 is 0. The van der Waals surface area contributed by atoms with Gasteiger partial charge in [0.15, 0.2) is 0 Å². The highest BCUT2D eigenvalue weighted by Crippen LogP contribution is 2.25. The minimum absolute atomic E-state index is 0.267. The van der Waals surface area contributed by atoms with Gasteiger partial charge >= 0.3 is 0 Å². The Bertz CT molecular complexity index is 1690. The largest absolute Gasteiger partial charge is 0.374 e. The summed E-state index contributed by atoms with van der Waals surface area (Å²) in [6, 6.07) is 61.0. The summed E-state index contributed by atoms with van der Waals surface area (Å²) in [6.07, 6.45) is -2.30. The Labute approximate surface area is 320 Å². The summed E-state index contributed by atoms with van der Waals surface area (Å²) in [6.45, 7) is 2.83. The van der Waals surface area contributed by atoms with E-state index in [4.69, 9.17) is 28.4 Å². The minimum atomic E-state index is -0.616. The Morgan fingerprint density at radius 2 is 0.481 bits per heavy atom. The van der Waals surface area contributed by atoms with Crippen molar-refractivity contribution >= 4 is 0 Å². The highest BCUT2D eigenvalue weighted by Gasteiger charge is 2.39. The maximum atomic E-state index is 6.96. The van der Waals surface area contributed by atoms with E-state index in [-0.39, 0.29) is 13.2 Å². The first-order valence-electron chi connectivity index (χ1n) is 18.7. The van der Waals surface area contributed by atoms with Gasteiger partial charge < -0.3 is 28.4 Å². The van der Waals surface area contributed by atoms with E-state index in [0.717, 1.165) is 33.4 Å². The van der Waals surface area contributed by atoms with Crippen LogP contribution in [0.1, 0.15) is 33.4 Å². The number of ether oxygens (including phenoxy) is 6.